The summed E-state index contributed by atoms with van der Waals surface area (Å²) in [7, 11) is 0. The summed E-state index contributed by atoms with van der Waals surface area (Å²) in [6.07, 6.45) is 0. The molecule has 3 aromatic rings. The van der Waals surface area contributed by atoms with E-state index in [-0.39, 0.29) is 17.0 Å². The minimum absolute atomic E-state index is 0.0966. The molecule has 1 amide bonds. The number of carbonyl (C=O) groups excluding carboxylic acids is 1. The van der Waals surface area contributed by atoms with E-state index < -0.39 is 11.9 Å². The molecule has 1 heterocycles. The van der Waals surface area contributed by atoms with E-state index in [4.69, 9.17) is 11.6 Å². The van der Waals surface area contributed by atoms with E-state index in [1.165, 1.54) is 18.2 Å². The SMILES string of the molecule is C[C@@H](N[C@H](c1ccccc1)c1cccs1)C(=O)Nc1ccc(F)cc1Cl. The summed E-state index contributed by atoms with van der Waals surface area (Å²) >= 11 is 7.62. The first-order chi connectivity index (χ1) is 12.5. The molecule has 0 unspecified atom stereocenters. The fraction of sp³-hybridized carbons (Fsp3) is 0.150. The number of carbonyl (C=O) groups is 1. The maximum Gasteiger partial charge on any atom is 0.241 e. The van der Waals surface area contributed by atoms with Crippen LogP contribution in [-0.2, 0) is 4.79 Å². The number of anilines is 1. The molecule has 0 saturated heterocycles. The van der Waals surface area contributed by atoms with Crippen LogP contribution in [0.3, 0.4) is 0 Å². The van der Waals surface area contributed by atoms with Gasteiger partial charge in [0.2, 0.25) is 5.91 Å². The standard InChI is InChI=1S/C20H18ClFN2OS/c1-13(20(25)24-17-10-9-15(22)12-16(17)21)23-19(18-8-5-11-26-18)14-6-3-2-4-7-14/h2-13,19,23H,1H3,(H,24,25)/t13-,19-/m1/s1. The Hall–Kier alpha value is -2.21. The number of hydrogen-bond donors (Lipinski definition) is 2. The Balaban J connectivity index is 1.75. The van der Waals surface area contributed by atoms with Crippen molar-refractivity contribution >= 4 is 34.5 Å². The quantitative estimate of drug-likeness (QED) is 0.605. The summed E-state index contributed by atoms with van der Waals surface area (Å²) < 4.78 is 13.2. The summed E-state index contributed by atoms with van der Waals surface area (Å²) in [5.41, 5.74) is 1.47. The highest BCUT2D eigenvalue weighted by molar-refractivity contribution is 7.10. The normalized spacial score (nSPS) is 13.2. The first kappa shape index (κ1) is 18.6. The molecule has 0 spiro atoms. The van der Waals surface area contributed by atoms with Crippen LogP contribution in [0.1, 0.15) is 23.4 Å². The fourth-order valence-electron chi connectivity index (χ4n) is 2.60. The van der Waals surface area contributed by atoms with Crippen molar-refractivity contribution in [3.8, 4) is 0 Å². The van der Waals surface area contributed by atoms with Crippen LogP contribution in [0, 0.1) is 5.82 Å². The minimum atomic E-state index is -0.483. The van der Waals surface area contributed by atoms with Gasteiger partial charge in [-0.05, 0) is 42.1 Å². The molecule has 2 N–H and O–H groups in total. The highest BCUT2D eigenvalue weighted by Crippen LogP contribution is 2.27. The first-order valence-corrected chi connectivity index (χ1v) is 9.40. The van der Waals surface area contributed by atoms with Gasteiger partial charge < -0.3 is 5.32 Å². The van der Waals surface area contributed by atoms with Crippen LogP contribution < -0.4 is 10.6 Å². The Bertz CT molecular complexity index is 871. The third-order valence-electron chi connectivity index (χ3n) is 3.96. The van der Waals surface area contributed by atoms with E-state index in [2.05, 4.69) is 10.6 Å². The molecule has 2 aromatic carbocycles. The van der Waals surface area contributed by atoms with Gasteiger partial charge in [0.1, 0.15) is 5.82 Å². The van der Waals surface area contributed by atoms with Crippen molar-refractivity contribution in [3.63, 3.8) is 0 Å². The van der Waals surface area contributed by atoms with Gasteiger partial charge >= 0.3 is 0 Å². The zero-order valence-electron chi connectivity index (χ0n) is 14.1. The van der Waals surface area contributed by atoms with E-state index in [0.29, 0.717) is 5.69 Å². The maximum atomic E-state index is 13.2. The summed E-state index contributed by atoms with van der Waals surface area (Å²) in [6.45, 7) is 1.79. The van der Waals surface area contributed by atoms with Crippen LogP contribution in [-0.4, -0.2) is 11.9 Å². The van der Waals surface area contributed by atoms with E-state index in [1.807, 2.05) is 47.8 Å². The molecule has 0 radical (unpaired) electrons. The van der Waals surface area contributed by atoms with Gasteiger partial charge in [-0.1, -0.05) is 48.0 Å². The van der Waals surface area contributed by atoms with Gasteiger partial charge in [0.25, 0.3) is 0 Å². The number of thiophene rings is 1. The van der Waals surface area contributed by atoms with Crippen LogP contribution in [0.4, 0.5) is 10.1 Å². The van der Waals surface area contributed by atoms with Gasteiger partial charge in [0, 0.05) is 4.88 Å². The second-order valence-corrected chi connectivity index (χ2v) is 7.25. The van der Waals surface area contributed by atoms with Crippen molar-refractivity contribution in [2.45, 2.75) is 19.0 Å². The summed E-state index contributed by atoms with van der Waals surface area (Å²) in [4.78, 5) is 13.7. The molecule has 6 heteroatoms. The van der Waals surface area contributed by atoms with Gasteiger partial charge in [-0.25, -0.2) is 4.39 Å². The van der Waals surface area contributed by atoms with E-state index in [9.17, 15) is 9.18 Å². The molecular formula is C20H18ClFN2OS. The zero-order valence-corrected chi connectivity index (χ0v) is 15.7. The molecule has 134 valence electrons. The molecule has 3 rings (SSSR count). The largest absolute Gasteiger partial charge is 0.323 e. The molecule has 3 nitrogen and oxygen atoms in total. The van der Waals surface area contributed by atoms with Gasteiger partial charge in [-0.2, -0.15) is 0 Å². The lowest BCUT2D eigenvalue weighted by atomic mass is 10.0. The maximum absolute atomic E-state index is 13.2. The Morgan fingerprint density at radius 2 is 1.88 bits per heavy atom. The molecule has 0 bridgehead atoms. The Kier molecular flexibility index (Phi) is 6.04. The van der Waals surface area contributed by atoms with Crippen molar-refractivity contribution in [1.29, 1.82) is 0 Å². The summed E-state index contributed by atoms with van der Waals surface area (Å²) in [5.74, 6) is -0.683. The van der Waals surface area contributed by atoms with Crippen LogP contribution in [0.25, 0.3) is 0 Å². The number of rotatable bonds is 6. The number of benzene rings is 2. The van der Waals surface area contributed by atoms with Crippen LogP contribution >= 0.6 is 22.9 Å². The topological polar surface area (TPSA) is 41.1 Å². The smallest absolute Gasteiger partial charge is 0.241 e. The molecule has 26 heavy (non-hydrogen) atoms. The Labute approximate surface area is 160 Å². The fourth-order valence-corrected chi connectivity index (χ4v) is 3.63. The number of hydrogen-bond acceptors (Lipinski definition) is 3. The number of nitrogens with one attached hydrogen (secondary N) is 2. The zero-order chi connectivity index (χ0) is 18.5. The van der Waals surface area contributed by atoms with E-state index >= 15 is 0 Å². The minimum Gasteiger partial charge on any atom is -0.323 e. The average molecular weight is 389 g/mol. The van der Waals surface area contributed by atoms with Gasteiger partial charge in [0.15, 0.2) is 0 Å². The third kappa shape index (κ3) is 4.49. The molecule has 0 saturated carbocycles. The molecule has 1 aromatic heterocycles. The van der Waals surface area contributed by atoms with E-state index in [1.54, 1.807) is 18.3 Å². The predicted molar refractivity (Wildman–Crippen MR) is 105 cm³/mol. The second kappa shape index (κ2) is 8.45. The van der Waals surface area contributed by atoms with Gasteiger partial charge in [-0.3, -0.25) is 10.1 Å². The summed E-state index contributed by atoms with van der Waals surface area (Å²) in [6, 6.07) is 17.3. The molecule has 0 aliphatic carbocycles. The predicted octanol–water partition coefficient (Wildman–Crippen LogP) is 5.25. The lowest BCUT2D eigenvalue weighted by Gasteiger charge is -2.23. The lowest BCUT2D eigenvalue weighted by molar-refractivity contribution is -0.117. The van der Waals surface area contributed by atoms with Crippen molar-refractivity contribution in [3.05, 3.63) is 87.3 Å². The van der Waals surface area contributed by atoms with Gasteiger partial charge in [0.05, 0.1) is 22.8 Å². The van der Waals surface area contributed by atoms with Gasteiger partial charge in [-0.15, -0.1) is 11.3 Å². The monoisotopic (exact) mass is 388 g/mol. The Morgan fingerprint density at radius 3 is 2.54 bits per heavy atom. The average Bonchev–Trinajstić information content (AvgIpc) is 3.17. The van der Waals surface area contributed by atoms with Crippen molar-refractivity contribution in [1.82, 2.24) is 5.32 Å². The molecule has 0 aliphatic heterocycles. The number of halogens is 2. The van der Waals surface area contributed by atoms with Crippen molar-refractivity contribution in [2.24, 2.45) is 0 Å². The third-order valence-corrected chi connectivity index (χ3v) is 5.21. The first-order valence-electron chi connectivity index (χ1n) is 8.15. The second-order valence-electron chi connectivity index (χ2n) is 5.86. The van der Waals surface area contributed by atoms with Crippen LogP contribution in [0.2, 0.25) is 5.02 Å². The van der Waals surface area contributed by atoms with Crippen LogP contribution in [0.15, 0.2) is 66.0 Å². The lowest BCUT2D eigenvalue weighted by Crippen LogP contribution is -2.40. The van der Waals surface area contributed by atoms with E-state index in [0.717, 1.165) is 10.4 Å². The highest BCUT2D eigenvalue weighted by atomic mass is 35.5. The summed E-state index contributed by atoms with van der Waals surface area (Å²) in [5, 5.41) is 8.29. The Morgan fingerprint density at radius 1 is 1.12 bits per heavy atom. The molecule has 0 aliphatic rings. The molecule has 0 fully saturated rings. The molecular weight excluding hydrogens is 371 g/mol. The van der Waals surface area contributed by atoms with Crippen molar-refractivity contribution < 1.29 is 9.18 Å². The molecule has 2 atom stereocenters. The van der Waals surface area contributed by atoms with Crippen molar-refractivity contribution in [2.75, 3.05) is 5.32 Å². The number of amides is 1. The van der Waals surface area contributed by atoms with Crippen LogP contribution in [0.5, 0.6) is 0 Å². The highest BCUT2D eigenvalue weighted by Gasteiger charge is 2.22.